The molecule has 0 amide bonds. The Labute approximate surface area is 117 Å². The largest absolute Gasteiger partial charge is 0.372 e. The third-order valence-corrected chi connectivity index (χ3v) is 3.75. The van der Waals surface area contributed by atoms with Crippen molar-refractivity contribution in [3.63, 3.8) is 0 Å². The average molecular weight is 256 g/mol. The number of hydrogen-bond acceptors (Lipinski definition) is 2. The highest BCUT2D eigenvalue weighted by molar-refractivity contribution is 5.47. The molecule has 1 aliphatic rings. The van der Waals surface area contributed by atoms with Gasteiger partial charge in [-0.25, -0.2) is 0 Å². The van der Waals surface area contributed by atoms with Crippen LogP contribution in [0.4, 0.5) is 5.69 Å². The van der Waals surface area contributed by atoms with Gasteiger partial charge in [-0.05, 0) is 50.8 Å². The standard InChI is InChI=1S/C17H24N2/c1-4-17(2,3)18-14-15-8-10-16(11-9-15)19-12-6-5-7-13-19/h1,8-11,18H,5-7,12-14H2,2-3H3. The van der Waals surface area contributed by atoms with E-state index >= 15 is 0 Å². The van der Waals surface area contributed by atoms with Crippen LogP contribution in [-0.2, 0) is 6.54 Å². The quantitative estimate of drug-likeness (QED) is 0.832. The molecular formula is C17H24N2. The zero-order valence-electron chi connectivity index (χ0n) is 12.1. The van der Waals surface area contributed by atoms with Gasteiger partial charge in [0.05, 0.1) is 5.54 Å². The molecule has 1 aliphatic heterocycles. The zero-order chi connectivity index (χ0) is 13.7. The second kappa shape index (κ2) is 6.12. The van der Waals surface area contributed by atoms with Crippen molar-refractivity contribution < 1.29 is 0 Å². The van der Waals surface area contributed by atoms with Crippen molar-refractivity contribution in [2.45, 2.75) is 45.2 Å². The molecule has 0 atom stereocenters. The van der Waals surface area contributed by atoms with Crippen LogP contribution in [0.3, 0.4) is 0 Å². The molecule has 1 fully saturated rings. The molecule has 0 radical (unpaired) electrons. The van der Waals surface area contributed by atoms with Crippen molar-refractivity contribution >= 4 is 5.69 Å². The summed E-state index contributed by atoms with van der Waals surface area (Å²) in [5.74, 6) is 2.76. The van der Waals surface area contributed by atoms with Crippen molar-refractivity contribution in [2.24, 2.45) is 0 Å². The van der Waals surface area contributed by atoms with Crippen LogP contribution in [0.25, 0.3) is 0 Å². The first-order chi connectivity index (χ1) is 9.11. The number of terminal acetylenes is 1. The summed E-state index contributed by atoms with van der Waals surface area (Å²) in [5.41, 5.74) is 2.38. The van der Waals surface area contributed by atoms with E-state index in [4.69, 9.17) is 6.42 Å². The SMILES string of the molecule is C#CC(C)(C)NCc1ccc(N2CCCCC2)cc1. The van der Waals surface area contributed by atoms with Gasteiger partial charge in [0.2, 0.25) is 0 Å². The van der Waals surface area contributed by atoms with Crippen LogP contribution in [0, 0.1) is 12.3 Å². The zero-order valence-corrected chi connectivity index (χ0v) is 12.1. The lowest BCUT2D eigenvalue weighted by Crippen LogP contribution is -2.36. The summed E-state index contributed by atoms with van der Waals surface area (Å²) in [6.45, 7) is 7.26. The molecular weight excluding hydrogens is 232 g/mol. The molecule has 102 valence electrons. The highest BCUT2D eigenvalue weighted by atomic mass is 15.1. The lowest BCUT2D eigenvalue weighted by Gasteiger charge is -2.29. The second-order valence-electron chi connectivity index (χ2n) is 5.84. The fourth-order valence-electron chi connectivity index (χ4n) is 2.35. The third kappa shape index (κ3) is 4.01. The predicted octanol–water partition coefficient (Wildman–Crippen LogP) is 3.18. The van der Waals surface area contributed by atoms with Crippen LogP contribution in [0.1, 0.15) is 38.7 Å². The van der Waals surface area contributed by atoms with Crippen LogP contribution in [-0.4, -0.2) is 18.6 Å². The van der Waals surface area contributed by atoms with Gasteiger partial charge in [0, 0.05) is 25.3 Å². The minimum absolute atomic E-state index is 0.245. The maximum Gasteiger partial charge on any atom is 0.0743 e. The Hall–Kier alpha value is -1.46. The Kier molecular flexibility index (Phi) is 4.50. The van der Waals surface area contributed by atoms with Crippen molar-refractivity contribution in [1.29, 1.82) is 0 Å². The molecule has 1 saturated heterocycles. The van der Waals surface area contributed by atoms with E-state index in [1.54, 1.807) is 0 Å². The molecule has 19 heavy (non-hydrogen) atoms. The smallest absolute Gasteiger partial charge is 0.0743 e. The first kappa shape index (κ1) is 14.0. The molecule has 0 saturated carbocycles. The second-order valence-corrected chi connectivity index (χ2v) is 5.84. The molecule has 2 rings (SSSR count). The van der Waals surface area contributed by atoms with E-state index in [1.165, 1.54) is 43.6 Å². The van der Waals surface area contributed by atoms with E-state index in [0.29, 0.717) is 0 Å². The molecule has 0 bridgehead atoms. The maximum absolute atomic E-state index is 5.47. The van der Waals surface area contributed by atoms with E-state index in [1.807, 2.05) is 13.8 Å². The minimum atomic E-state index is -0.245. The van der Waals surface area contributed by atoms with Crippen molar-refractivity contribution in [1.82, 2.24) is 5.32 Å². The van der Waals surface area contributed by atoms with Crippen LogP contribution >= 0.6 is 0 Å². The van der Waals surface area contributed by atoms with Crippen molar-refractivity contribution in [2.75, 3.05) is 18.0 Å². The first-order valence-corrected chi connectivity index (χ1v) is 7.17. The topological polar surface area (TPSA) is 15.3 Å². The first-order valence-electron chi connectivity index (χ1n) is 7.17. The van der Waals surface area contributed by atoms with Gasteiger partial charge in [-0.3, -0.25) is 5.32 Å². The molecule has 0 aromatic heterocycles. The molecule has 0 aliphatic carbocycles. The summed E-state index contributed by atoms with van der Waals surface area (Å²) in [4.78, 5) is 2.48. The maximum atomic E-state index is 5.47. The minimum Gasteiger partial charge on any atom is -0.372 e. The average Bonchev–Trinajstić information content (AvgIpc) is 2.47. The summed E-state index contributed by atoms with van der Waals surface area (Å²) < 4.78 is 0. The van der Waals surface area contributed by atoms with Gasteiger partial charge in [0.1, 0.15) is 0 Å². The summed E-state index contributed by atoms with van der Waals surface area (Å²) in [5, 5.41) is 3.37. The third-order valence-electron chi connectivity index (χ3n) is 3.75. The summed E-state index contributed by atoms with van der Waals surface area (Å²) in [6.07, 6.45) is 9.49. The van der Waals surface area contributed by atoms with Crippen LogP contribution in [0.15, 0.2) is 24.3 Å². The Balaban J connectivity index is 1.93. The Morgan fingerprint density at radius 3 is 2.37 bits per heavy atom. The van der Waals surface area contributed by atoms with E-state index in [2.05, 4.69) is 40.4 Å². The number of nitrogens with zero attached hydrogens (tertiary/aromatic N) is 1. The molecule has 1 heterocycles. The normalized spacial score (nSPS) is 16.2. The lowest BCUT2D eigenvalue weighted by molar-refractivity contribution is 0.491. The van der Waals surface area contributed by atoms with E-state index in [9.17, 15) is 0 Å². The monoisotopic (exact) mass is 256 g/mol. The fourth-order valence-corrected chi connectivity index (χ4v) is 2.35. The van der Waals surface area contributed by atoms with Crippen LogP contribution < -0.4 is 10.2 Å². The van der Waals surface area contributed by atoms with Crippen LogP contribution in [0.5, 0.6) is 0 Å². The molecule has 2 heteroatoms. The van der Waals surface area contributed by atoms with Gasteiger partial charge in [0.15, 0.2) is 0 Å². The highest BCUT2D eigenvalue weighted by Crippen LogP contribution is 2.20. The van der Waals surface area contributed by atoms with Gasteiger partial charge < -0.3 is 4.90 Å². The molecule has 0 unspecified atom stereocenters. The van der Waals surface area contributed by atoms with Gasteiger partial charge in [0.25, 0.3) is 0 Å². The van der Waals surface area contributed by atoms with Gasteiger partial charge >= 0.3 is 0 Å². The summed E-state index contributed by atoms with van der Waals surface area (Å²) in [6, 6.07) is 8.85. The summed E-state index contributed by atoms with van der Waals surface area (Å²) in [7, 11) is 0. The molecule has 2 nitrogen and oxygen atoms in total. The molecule has 1 aromatic rings. The fraction of sp³-hybridized carbons (Fsp3) is 0.529. The van der Waals surface area contributed by atoms with Gasteiger partial charge in [-0.2, -0.15) is 0 Å². The highest BCUT2D eigenvalue weighted by Gasteiger charge is 2.13. The number of rotatable bonds is 4. The predicted molar refractivity (Wildman–Crippen MR) is 82.3 cm³/mol. The Morgan fingerprint density at radius 1 is 1.16 bits per heavy atom. The Bertz CT molecular complexity index is 433. The molecule has 0 spiro atoms. The van der Waals surface area contributed by atoms with E-state index in [0.717, 1.165) is 6.54 Å². The molecule has 1 aromatic carbocycles. The summed E-state index contributed by atoms with van der Waals surface area (Å²) >= 11 is 0. The molecule has 1 N–H and O–H groups in total. The van der Waals surface area contributed by atoms with Crippen molar-refractivity contribution in [3.8, 4) is 12.3 Å². The number of piperidine rings is 1. The number of nitrogens with one attached hydrogen (secondary N) is 1. The van der Waals surface area contributed by atoms with Gasteiger partial charge in [-0.15, -0.1) is 6.42 Å². The number of anilines is 1. The lowest BCUT2D eigenvalue weighted by atomic mass is 10.1. The van der Waals surface area contributed by atoms with E-state index in [-0.39, 0.29) is 5.54 Å². The number of hydrogen-bond donors (Lipinski definition) is 1. The van der Waals surface area contributed by atoms with E-state index < -0.39 is 0 Å². The van der Waals surface area contributed by atoms with Gasteiger partial charge in [-0.1, -0.05) is 18.1 Å². The van der Waals surface area contributed by atoms with Crippen LogP contribution in [0.2, 0.25) is 0 Å². The Morgan fingerprint density at radius 2 is 1.79 bits per heavy atom. The van der Waals surface area contributed by atoms with Crippen molar-refractivity contribution in [3.05, 3.63) is 29.8 Å². The number of benzene rings is 1.